The molecule has 3 nitrogen and oxygen atoms in total. The Labute approximate surface area is 99.4 Å². The monoisotopic (exact) mass is 240 g/mol. The fourth-order valence-electron chi connectivity index (χ4n) is 1.72. The molecular weight excluding hydrogens is 224 g/mol. The van der Waals surface area contributed by atoms with Crippen molar-refractivity contribution in [1.82, 2.24) is 0 Å². The van der Waals surface area contributed by atoms with E-state index in [0.717, 1.165) is 25.9 Å². The van der Waals surface area contributed by atoms with Gasteiger partial charge in [-0.2, -0.15) is 11.3 Å². The Morgan fingerprint density at radius 1 is 1.62 bits per heavy atom. The summed E-state index contributed by atoms with van der Waals surface area (Å²) in [4.78, 5) is 11.4. The van der Waals surface area contributed by atoms with Crippen LogP contribution in [0.15, 0.2) is 16.8 Å². The van der Waals surface area contributed by atoms with Gasteiger partial charge in [-0.15, -0.1) is 0 Å². The topological polar surface area (TPSA) is 35.5 Å². The lowest BCUT2D eigenvalue weighted by Crippen LogP contribution is -2.17. The molecular formula is C12H16O3S. The van der Waals surface area contributed by atoms with Crippen molar-refractivity contribution in [2.24, 2.45) is 0 Å². The van der Waals surface area contributed by atoms with E-state index in [9.17, 15) is 4.79 Å². The molecule has 16 heavy (non-hydrogen) atoms. The Morgan fingerprint density at radius 2 is 2.56 bits per heavy atom. The van der Waals surface area contributed by atoms with Crippen molar-refractivity contribution in [3.05, 3.63) is 22.4 Å². The van der Waals surface area contributed by atoms with Crippen molar-refractivity contribution in [3.63, 3.8) is 0 Å². The molecule has 1 unspecified atom stereocenters. The van der Waals surface area contributed by atoms with Crippen LogP contribution in [0.25, 0.3) is 0 Å². The van der Waals surface area contributed by atoms with Gasteiger partial charge < -0.3 is 9.47 Å². The van der Waals surface area contributed by atoms with Crippen molar-refractivity contribution in [2.45, 2.75) is 31.8 Å². The summed E-state index contributed by atoms with van der Waals surface area (Å²) in [6.07, 6.45) is 3.46. The zero-order valence-electron chi connectivity index (χ0n) is 9.19. The first-order valence-electron chi connectivity index (χ1n) is 5.63. The maximum absolute atomic E-state index is 11.4. The molecule has 1 saturated heterocycles. The van der Waals surface area contributed by atoms with Crippen molar-refractivity contribution < 1.29 is 14.3 Å². The predicted octanol–water partition coefficient (Wildman–Crippen LogP) is 2.40. The van der Waals surface area contributed by atoms with Crippen LogP contribution in [-0.2, 0) is 20.7 Å². The molecule has 0 radical (unpaired) electrons. The molecule has 0 aromatic carbocycles. The van der Waals surface area contributed by atoms with Gasteiger partial charge in [0.2, 0.25) is 0 Å². The van der Waals surface area contributed by atoms with Gasteiger partial charge in [0, 0.05) is 13.0 Å². The van der Waals surface area contributed by atoms with E-state index in [1.807, 2.05) is 11.4 Å². The Balaban J connectivity index is 1.60. The second-order valence-electron chi connectivity index (χ2n) is 3.95. The number of carbonyl (C=O) groups excluding carboxylic acids is 1. The summed E-state index contributed by atoms with van der Waals surface area (Å²) >= 11 is 1.65. The smallest absolute Gasteiger partial charge is 0.306 e. The van der Waals surface area contributed by atoms with Crippen LogP contribution in [0.2, 0.25) is 0 Å². The number of carbonyl (C=O) groups is 1. The lowest BCUT2D eigenvalue weighted by molar-refractivity contribution is -0.146. The molecule has 1 aromatic rings. The van der Waals surface area contributed by atoms with Crippen LogP contribution in [0.5, 0.6) is 0 Å². The lowest BCUT2D eigenvalue weighted by Gasteiger charge is -2.09. The molecule has 0 N–H and O–H groups in total. The molecule has 2 heterocycles. The highest BCUT2D eigenvalue weighted by atomic mass is 32.1. The van der Waals surface area contributed by atoms with Gasteiger partial charge in [0.15, 0.2) is 0 Å². The molecule has 1 fully saturated rings. The molecule has 4 heteroatoms. The number of rotatable bonds is 5. The average Bonchev–Trinajstić information content (AvgIpc) is 2.96. The van der Waals surface area contributed by atoms with Gasteiger partial charge >= 0.3 is 5.97 Å². The number of esters is 1. The highest BCUT2D eigenvalue weighted by Crippen LogP contribution is 2.13. The van der Waals surface area contributed by atoms with Crippen LogP contribution in [0.1, 0.15) is 24.8 Å². The first kappa shape index (κ1) is 11.6. The highest BCUT2D eigenvalue weighted by Gasteiger charge is 2.17. The molecule has 0 amide bonds. The van der Waals surface area contributed by atoms with E-state index in [1.54, 1.807) is 11.3 Å². The van der Waals surface area contributed by atoms with Gasteiger partial charge in [-0.3, -0.25) is 4.79 Å². The van der Waals surface area contributed by atoms with Crippen LogP contribution >= 0.6 is 11.3 Å². The predicted molar refractivity (Wildman–Crippen MR) is 62.6 cm³/mol. The maximum atomic E-state index is 11.4. The fourth-order valence-corrected chi connectivity index (χ4v) is 2.42. The minimum atomic E-state index is -0.123. The zero-order chi connectivity index (χ0) is 11.2. The number of ether oxygens (including phenoxy) is 2. The number of hydrogen-bond acceptors (Lipinski definition) is 4. The van der Waals surface area contributed by atoms with Crippen LogP contribution in [0.4, 0.5) is 0 Å². The molecule has 1 atom stereocenters. The van der Waals surface area contributed by atoms with E-state index in [-0.39, 0.29) is 12.1 Å². The highest BCUT2D eigenvalue weighted by molar-refractivity contribution is 7.07. The second-order valence-corrected chi connectivity index (χ2v) is 4.73. The summed E-state index contributed by atoms with van der Waals surface area (Å²) in [5.74, 6) is -0.123. The largest absolute Gasteiger partial charge is 0.463 e. The lowest BCUT2D eigenvalue weighted by atomic mass is 10.2. The molecule has 2 rings (SSSR count). The minimum absolute atomic E-state index is 0.123. The quantitative estimate of drug-likeness (QED) is 0.741. The van der Waals surface area contributed by atoms with Gasteiger partial charge in [0.1, 0.15) is 6.61 Å². The van der Waals surface area contributed by atoms with Gasteiger partial charge in [0.25, 0.3) is 0 Å². The average molecular weight is 240 g/mol. The SMILES string of the molecule is O=C(CCc1ccsc1)OCC1CCCO1. The Bertz CT molecular complexity index is 315. The maximum Gasteiger partial charge on any atom is 0.306 e. The van der Waals surface area contributed by atoms with Gasteiger partial charge in [-0.25, -0.2) is 0 Å². The van der Waals surface area contributed by atoms with Crippen molar-refractivity contribution in [2.75, 3.05) is 13.2 Å². The third-order valence-electron chi connectivity index (χ3n) is 2.65. The van der Waals surface area contributed by atoms with E-state index < -0.39 is 0 Å². The van der Waals surface area contributed by atoms with Gasteiger partial charge in [0.05, 0.1) is 6.10 Å². The minimum Gasteiger partial charge on any atom is -0.463 e. The summed E-state index contributed by atoms with van der Waals surface area (Å²) in [6.45, 7) is 1.22. The molecule has 0 saturated carbocycles. The Morgan fingerprint density at radius 3 is 3.25 bits per heavy atom. The fraction of sp³-hybridized carbons (Fsp3) is 0.583. The van der Waals surface area contributed by atoms with Crippen LogP contribution < -0.4 is 0 Å². The molecule has 1 aliphatic rings. The normalized spacial score (nSPS) is 19.9. The molecule has 88 valence electrons. The van der Waals surface area contributed by atoms with E-state index in [2.05, 4.69) is 5.38 Å². The van der Waals surface area contributed by atoms with E-state index in [0.29, 0.717) is 13.0 Å². The van der Waals surface area contributed by atoms with Crippen LogP contribution in [0.3, 0.4) is 0 Å². The Kier molecular flexibility index (Phi) is 4.36. The molecule has 0 aliphatic carbocycles. The van der Waals surface area contributed by atoms with Crippen molar-refractivity contribution >= 4 is 17.3 Å². The van der Waals surface area contributed by atoms with Crippen LogP contribution in [-0.4, -0.2) is 25.3 Å². The number of hydrogen-bond donors (Lipinski definition) is 0. The number of thiophene rings is 1. The van der Waals surface area contributed by atoms with Gasteiger partial charge in [-0.05, 0) is 41.7 Å². The van der Waals surface area contributed by atoms with E-state index in [4.69, 9.17) is 9.47 Å². The van der Waals surface area contributed by atoms with Gasteiger partial charge in [-0.1, -0.05) is 0 Å². The summed E-state index contributed by atoms with van der Waals surface area (Å²) in [5, 5.41) is 4.08. The van der Waals surface area contributed by atoms with Crippen LogP contribution in [0, 0.1) is 0 Å². The summed E-state index contributed by atoms with van der Waals surface area (Å²) in [7, 11) is 0. The number of aryl methyl sites for hydroxylation is 1. The van der Waals surface area contributed by atoms with Crippen molar-refractivity contribution in [1.29, 1.82) is 0 Å². The second kappa shape index (κ2) is 6.01. The first-order valence-corrected chi connectivity index (χ1v) is 6.57. The third kappa shape index (κ3) is 3.61. The van der Waals surface area contributed by atoms with E-state index >= 15 is 0 Å². The summed E-state index contributed by atoms with van der Waals surface area (Å²) in [5.41, 5.74) is 1.21. The van der Waals surface area contributed by atoms with E-state index in [1.165, 1.54) is 5.56 Å². The zero-order valence-corrected chi connectivity index (χ0v) is 10.0. The summed E-state index contributed by atoms with van der Waals surface area (Å²) in [6, 6.07) is 2.04. The standard InChI is InChI=1S/C12H16O3S/c13-12(4-3-10-5-7-16-9-10)15-8-11-2-1-6-14-11/h5,7,9,11H,1-4,6,8H2. The summed E-state index contributed by atoms with van der Waals surface area (Å²) < 4.78 is 10.5. The third-order valence-corrected chi connectivity index (χ3v) is 3.38. The van der Waals surface area contributed by atoms with Crippen molar-refractivity contribution in [3.8, 4) is 0 Å². The first-order chi connectivity index (χ1) is 7.84. The molecule has 0 spiro atoms. The molecule has 0 bridgehead atoms. The molecule has 1 aromatic heterocycles. The molecule has 1 aliphatic heterocycles. The Hall–Kier alpha value is -0.870.